The lowest BCUT2D eigenvalue weighted by Crippen LogP contribution is -2.74. The number of alkyl halides is 1. The molecule has 0 spiro atoms. The van der Waals surface area contributed by atoms with Crippen molar-refractivity contribution in [3.8, 4) is 0 Å². The summed E-state index contributed by atoms with van der Waals surface area (Å²) < 4.78 is 27.3. The van der Waals surface area contributed by atoms with E-state index in [1.807, 2.05) is 0 Å². The Morgan fingerprint density at radius 3 is 2.57 bits per heavy atom. The van der Waals surface area contributed by atoms with E-state index < -0.39 is 28.7 Å². The van der Waals surface area contributed by atoms with E-state index in [-0.39, 0.29) is 36.0 Å². The molecule has 2 saturated heterocycles. The van der Waals surface area contributed by atoms with Crippen LogP contribution < -0.4 is 16.0 Å². The van der Waals surface area contributed by atoms with Crippen molar-refractivity contribution in [1.82, 2.24) is 20.9 Å². The van der Waals surface area contributed by atoms with Crippen molar-refractivity contribution < 1.29 is 18.4 Å². The fourth-order valence-electron chi connectivity index (χ4n) is 6.02. The van der Waals surface area contributed by atoms with Crippen LogP contribution in [-0.2, 0) is 9.59 Å². The Hall–Kier alpha value is -1.77. The van der Waals surface area contributed by atoms with Gasteiger partial charge in [0.2, 0.25) is 11.8 Å². The van der Waals surface area contributed by atoms with Crippen molar-refractivity contribution in [2.24, 2.45) is 5.92 Å². The highest BCUT2D eigenvalue weighted by molar-refractivity contribution is 6.24. The third-order valence-electron chi connectivity index (χ3n) is 8.06. The Morgan fingerprint density at radius 1 is 1.20 bits per heavy atom. The zero-order valence-electron chi connectivity index (χ0n) is 20.6. The van der Waals surface area contributed by atoms with E-state index in [1.165, 1.54) is 38.2 Å². The molecule has 3 unspecified atom stereocenters. The lowest BCUT2D eigenvalue weighted by molar-refractivity contribution is -0.143. The van der Waals surface area contributed by atoms with Gasteiger partial charge in [0.05, 0.1) is 35.7 Å². The predicted octanol–water partition coefficient (Wildman–Crippen LogP) is 4.34. The number of carbonyl (C=O) groups excluding carboxylic acids is 2. The van der Waals surface area contributed by atoms with Gasteiger partial charge in [-0.05, 0) is 44.6 Å². The summed E-state index contributed by atoms with van der Waals surface area (Å²) in [7, 11) is 1.78. The van der Waals surface area contributed by atoms with Crippen LogP contribution in [0.3, 0.4) is 0 Å². The molecular weight excluding hydrogens is 474 g/mol. The molecule has 3 aliphatic rings. The lowest BCUT2D eigenvalue weighted by Gasteiger charge is -2.52. The van der Waals surface area contributed by atoms with Crippen molar-refractivity contribution in [3.05, 3.63) is 35.4 Å². The van der Waals surface area contributed by atoms with Gasteiger partial charge in [0, 0.05) is 18.7 Å². The molecule has 6 nitrogen and oxygen atoms in total. The summed E-state index contributed by atoms with van der Waals surface area (Å²) in [6, 6.07) is 1.87. The average molecular weight is 511 g/mol. The van der Waals surface area contributed by atoms with Crippen LogP contribution in [0.25, 0.3) is 0 Å². The smallest absolute Gasteiger partial charge is 0.240 e. The second-order valence-corrected chi connectivity index (χ2v) is 11.1. The van der Waals surface area contributed by atoms with Gasteiger partial charge in [0.25, 0.3) is 0 Å². The van der Waals surface area contributed by atoms with Crippen LogP contribution in [0.4, 0.5) is 8.78 Å². The molecule has 35 heavy (non-hydrogen) atoms. The molecule has 194 valence electrons. The maximum atomic E-state index is 14.1. The molecule has 2 aliphatic heterocycles. The highest BCUT2D eigenvalue weighted by atomic mass is 35.5. The number of hydrogen-bond acceptors (Lipinski definition) is 4. The molecule has 3 N–H and O–H groups in total. The summed E-state index contributed by atoms with van der Waals surface area (Å²) in [5.41, 5.74) is 0.194. The summed E-state index contributed by atoms with van der Waals surface area (Å²) in [6.07, 6.45) is 9.69. The van der Waals surface area contributed by atoms with Gasteiger partial charge >= 0.3 is 0 Å². The lowest BCUT2D eigenvalue weighted by atomic mass is 9.80. The summed E-state index contributed by atoms with van der Waals surface area (Å²) in [6.45, 7) is 1.63. The summed E-state index contributed by atoms with van der Waals surface area (Å²) in [5, 5.41) is 9.71. The Bertz CT molecular complexity index is 927. The minimum Gasteiger partial charge on any atom is -0.349 e. The number of amides is 2. The number of halogens is 3. The van der Waals surface area contributed by atoms with Crippen molar-refractivity contribution in [2.45, 2.75) is 100 Å². The first-order valence-corrected chi connectivity index (χ1v) is 13.3. The summed E-state index contributed by atoms with van der Waals surface area (Å²) in [5.74, 6) is -1.53. The number of carbonyl (C=O) groups is 2. The van der Waals surface area contributed by atoms with Crippen LogP contribution in [0.1, 0.15) is 82.7 Å². The Kier molecular flexibility index (Phi) is 8.34. The summed E-state index contributed by atoms with van der Waals surface area (Å²) >= 11 is 7.20. The second-order valence-electron chi connectivity index (χ2n) is 10.5. The molecular formula is C26H37ClF2N4O2. The number of nitrogens with one attached hydrogen (secondary N) is 3. The van der Waals surface area contributed by atoms with E-state index in [4.69, 9.17) is 11.6 Å². The van der Waals surface area contributed by atoms with Crippen molar-refractivity contribution in [1.29, 1.82) is 0 Å². The highest BCUT2D eigenvalue weighted by Gasteiger charge is 2.49. The fourth-order valence-corrected chi connectivity index (χ4v) is 6.46. The number of benzene rings is 1. The van der Waals surface area contributed by atoms with E-state index in [1.54, 1.807) is 18.9 Å². The summed E-state index contributed by atoms with van der Waals surface area (Å²) in [4.78, 5) is 27.0. The normalized spacial score (nSPS) is 31.3. The fraction of sp³-hybridized carbons (Fsp3) is 0.692. The van der Waals surface area contributed by atoms with Crippen LogP contribution in [0, 0.1) is 17.6 Å². The van der Waals surface area contributed by atoms with Crippen LogP contribution in [0.2, 0.25) is 0 Å². The van der Waals surface area contributed by atoms with E-state index >= 15 is 0 Å². The predicted molar refractivity (Wildman–Crippen MR) is 132 cm³/mol. The highest BCUT2D eigenvalue weighted by Crippen LogP contribution is 2.41. The molecule has 1 aromatic carbocycles. The molecule has 1 aromatic rings. The Morgan fingerprint density at radius 2 is 1.89 bits per heavy atom. The van der Waals surface area contributed by atoms with Crippen LogP contribution in [0.5, 0.6) is 0 Å². The van der Waals surface area contributed by atoms with Gasteiger partial charge < -0.3 is 10.2 Å². The minimum atomic E-state index is -0.716. The number of hydrogen-bond donors (Lipinski definition) is 3. The molecule has 0 aromatic heterocycles. The molecule has 5 atom stereocenters. The topological polar surface area (TPSA) is 73.5 Å². The third-order valence-corrected chi connectivity index (χ3v) is 8.66. The van der Waals surface area contributed by atoms with Crippen LogP contribution in [0.15, 0.2) is 18.2 Å². The molecule has 1 saturated carbocycles. The van der Waals surface area contributed by atoms with Crippen LogP contribution in [-0.4, -0.2) is 47.0 Å². The van der Waals surface area contributed by atoms with Gasteiger partial charge in [-0.15, -0.1) is 11.6 Å². The van der Waals surface area contributed by atoms with Crippen molar-refractivity contribution in [3.63, 3.8) is 0 Å². The monoisotopic (exact) mass is 510 g/mol. The van der Waals surface area contributed by atoms with E-state index in [0.717, 1.165) is 37.8 Å². The Balaban J connectivity index is 1.39. The molecule has 3 fully saturated rings. The molecule has 0 radical (unpaired) electrons. The SMILES string of the molecule is C[C@H](NC(=O)C[C@H]1NC2NC(Cl)(C3CCCCCCC3)CCC2N(C)C1=O)c1ccc(F)cc1F. The maximum absolute atomic E-state index is 14.1. The van der Waals surface area contributed by atoms with E-state index in [9.17, 15) is 18.4 Å². The van der Waals surface area contributed by atoms with Crippen LogP contribution >= 0.6 is 11.6 Å². The zero-order chi connectivity index (χ0) is 25.2. The molecule has 2 amide bonds. The number of piperidine rings is 1. The van der Waals surface area contributed by atoms with Crippen molar-refractivity contribution >= 4 is 23.4 Å². The van der Waals surface area contributed by atoms with E-state index in [0.29, 0.717) is 5.92 Å². The van der Waals surface area contributed by atoms with Gasteiger partial charge in [0.1, 0.15) is 11.6 Å². The van der Waals surface area contributed by atoms with Gasteiger partial charge in [0.15, 0.2) is 0 Å². The number of piperazine rings is 1. The van der Waals surface area contributed by atoms with Crippen molar-refractivity contribution in [2.75, 3.05) is 7.05 Å². The minimum absolute atomic E-state index is 0.0329. The quantitative estimate of drug-likeness (QED) is 0.407. The molecule has 9 heteroatoms. The second kappa shape index (κ2) is 11.1. The molecule has 2 heterocycles. The molecule has 0 bridgehead atoms. The standard InChI is InChI=1S/C26H37ClF2N4O2/c1-16(19-11-10-18(28)14-20(19)29)30-23(34)15-21-25(35)33(2)22-12-13-26(27,32-24(22)31-21)17-8-6-4-3-5-7-9-17/h10-11,14,16-17,21-22,24,31-32H,3-9,12-13,15H2,1-2H3,(H,30,34)/t16-,21+,22?,24?,26?/m0/s1. The zero-order valence-corrected chi connectivity index (χ0v) is 21.3. The van der Waals surface area contributed by atoms with E-state index in [2.05, 4.69) is 16.0 Å². The number of fused-ring (bicyclic) bond motifs is 1. The van der Waals surface area contributed by atoms with Gasteiger partial charge in [-0.2, -0.15) is 0 Å². The first-order valence-electron chi connectivity index (χ1n) is 12.9. The number of nitrogens with zero attached hydrogens (tertiary/aromatic N) is 1. The van der Waals surface area contributed by atoms with Gasteiger partial charge in [-0.1, -0.05) is 38.2 Å². The maximum Gasteiger partial charge on any atom is 0.240 e. The molecule has 4 rings (SSSR count). The Labute approximate surface area is 211 Å². The first kappa shape index (κ1) is 26.3. The first-order chi connectivity index (χ1) is 16.7. The number of rotatable bonds is 5. The third kappa shape index (κ3) is 5.97. The molecule has 1 aliphatic carbocycles. The average Bonchev–Trinajstić information content (AvgIpc) is 2.76. The largest absolute Gasteiger partial charge is 0.349 e. The number of likely N-dealkylation sites (N-methyl/N-ethyl adjacent to an activating group) is 1. The van der Waals surface area contributed by atoms with Gasteiger partial charge in [-0.3, -0.25) is 20.2 Å². The van der Waals surface area contributed by atoms with Gasteiger partial charge in [-0.25, -0.2) is 8.78 Å².